The van der Waals surface area contributed by atoms with Crippen molar-refractivity contribution in [1.29, 1.82) is 0 Å². The number of hydrogen-bond acceptors (Lipinski definition) is 4. The van der Waals surface area contributed by atoms with Crippen LogP contribution in [0.4, 0.5) is 0 Å². The van der Waals surface area contributed by atoms with Crippen LogP contribution in [0.3, 0.4) is 0 Å². The smallest absolute Gasteiger partial charge is 0.249 e. The molecule has 0 saturated carbocycles. The molecule has 1 aromatic carbocycles. The van der Waals surface area contributed by atoms with Gasteiger partial charge in [0, 0.05) is 24.6 Å². The molecule has 27 heavy (non-hydrogen) atoms. The molecule has 1 atom stereocenters. The zero-order chi connectivity index (χ0) is 19.6. The summed E-state index contributed by atoms with van der Waals surface area (Å²) >= 11 is 1.63. The summed E-state index contributed by atoms with van der Waals surface area (Å²) in [4.78, 5) is 30.1. The van der Waals surface area contributed by atoms with Gasteiger partial charge in [0.1, 0.15) is 13.2 Å². The molecule has 0 fully saturated rings. The van der Waals surface area contributed by atoms with E-state index < -0.39 is 0 Å². The third-order valence-corrected chi connectivity index (χ3v) is 5.37. The molecule has 0 radical (unpaired) electrons. The predicted molar refractivity (Wildman–Crippen MR) is 108 cm³/mol. The van der Waals surface area contributed by atoms with Gasteiger partial charge in [-0.2, -0.15) is 0 Å². The monoisotopic (exact) mass is 388 g/mol. The molecule has 0 spiro atoms. The van der Waals surface area contributed by atoms with E-state index in [1.807, 2.05) is 66.6 Å². The first-order chi connectivity index (χ1) is 13.0. The minimum Gasteiger partial charge on any atom is -0.375 e. The fourth-order valence-corrected chi connectivity index (χ4v) is 3.51. The number of thiophene rings is 1. The van der Waals surface area contributed by atoms with E-state index in [-0.39, 0.29) is 31.0 Å². The van der Waals surface area contributed by atoms with Crippen molar-refractivity contribution in [2.24, 2.45) is 0 Å². The predicted octanol–water partition coefficient (Wildman–Crippen LogP) is 3.55. The summed E-state index contributed by atoms with van der Waals surface area (Å²) in [5.41, 5.74) is 1.07. The summed E-state index contributed by atoms with van der Waals surface area (Å²) in [6.07, 6.45) is 0.784. The van der Waals surface area contributed by atoms with E-state index in [9.17, 15) is 9.59 Å². The van der Waals surface area contributed by atoms with Crippen LogP contribution in [0.15, 0.2) is 47.8 Å². The lowest BCUT2D eigenvalue weighted by Crippen LogP contribution is -2.47. The number of hydrogen-bond donors (Lipinski definition) is 0. The van der Waals surface area contributed by atoms with E-state index in [0.29, 0.717) is 13.1 Å². The quantitative estimate of drug-likeness (QED) is 0.625. The van der Waals surface area contributed by atoms with Gasteiger partial charge in [-0.1, -0.05) is 43.3 Å². The Bertz CT molecular complexity index is 703. The molecule has 2 rings (SSSR count). The molecular weight excluding hydrogens is 360 g/mol. The Morgan fingerprint density at radius 1 is 1.07 bits per heavy atom. The number of carbonyl (C=O) groups excluding carboxylic acids is 2. The third kappa shape index (κ3) is 6.48. The molecule has 1 heterocycles. The van der Waals surface area contributed by atoms with Gasteiger partial charge in [0.05, 0.1) is 6.54 Å². The Hall–Kier alpha value is -2.18. The molecule has 6 heteroatoms. The van der Waals surface area contributed by atoms with Gasteiger partial charge in [0.25, 0.3) is 0 Å². The number of nitrogens with zero attached hydrogens (tertiary/aromatic N) is 2. The van der Waals surface area contributed by atoms with Crippen LogP contribution in [0.2, 0.25) is 0 Å². The molecule has 0 saturated heterocycles. The molecule has 0 aliphatic rings. The third-order valence-electron chi connectivity index (χ3n) is 4.51. The van der Waals surface area contributed by atoms with Crippen LogP contribution >= 0.6 is 11.3 Å². The Morgan fingerprint density at radius 3 is 2.41 bits per heavy atom. The highest BCUT2D eigenvalue weighted by Gasteiger charge is 2.25. The molecule has 2 amide bonds. The first kappa shape index (κ1) is 21.1. The molecule has 0 bridgehead atoms. The van der Waals surface area contributed by atoms with E-state index in [1.54, 1.807) is 16.2 Å². The lowest BCUT2D eigenvalue weighted by molar-refractivity contribution is -0.145. The van der Waals surface area contributed by atoms with E-state index in [4.69, 9.17) is 4.74 Å². The second-order valence-electron chi connectivity index (χ2n) is 6.53. The average Bonchev–Trinajstić information content (AvgIpc) is 3.19. The van der Waals surface area contributed by atoms with Crippen molar-refractivity contribution < 1.29 is 14.3 Å². The maximum Gasteiger partial charge on any atom is 0.249 e. The second-order valence-corrected chi connectivity index (χ2v) is 7.56. The van der Waals surface area contributed by atoms with Crippen molar-refractivity contribution in [1.82, 2.24) is 9.80 Å². The molecule has 0 unspecified atom stereocenters. The van der Waals surface area contributed by atoms with Crippen molar-refractivity contribution >= 4 is 23.2 Å². The minimum atomic E-state index is -0.156. The molecule has 5 nitrogen and oxygen atoms in total. The highest BCUT2D eigenvalue weighted by Crippen LogP contribution is 2.16. The topological polar surface area (TPSA) is 49.9 Å². The van der Waals surface area contributed by atoms with Crippen LogP contribution in [-0.2, 0) is 27.4 Å². The normalized spacial score (nSPS) is 11.8. The van der Waals surface area contributed by atoms with Crippen LogP contribution in [0.5, 0.6) is 0 Å². The summed E-state index contributed by atoms with van der Waals surface area (Å²) < 4.78 is 4.99. The number of carbonyl (C=O) groups is 2. The van der Waals surface area contributed by atoms with Gasteiger partial charge in [-0.25, -0.2) is 0 Å². The van der Waals surface area contributed by atoms with Gasteiger partial charge in [-0.05, 0) is 30.4 Å². The van der Waals surface area contributed by atoms with E-state index in [2.05, 4.69) is 0 Å². The van der Waals surface area contributed by atoms with Crippen LogP contribution in [0.25, 0.3) is 0 Å². The van der Waals surface area contributed by atoms with E-state index in [0.717, 1.165) is 16.9 Å². The van der Waals surface area contributed by atoms with Crippen molar-refractivity contribution in [2.45, 2.75) is 39.4 Å². The van der Waals surface area contributed by atoms with E-state index >= 15 is 0 Å². The van der Waals surface area contributed by atoms with Crippen molar-refractivity contribution in [3.8, 4) is 0 Å². The van der Waals surface area contributed by atoms with Gasteiger partial charge in [0.2, 0.25) is 11.8 Å². The van der Waals surface area contributed by atoms with Gasteiger partial charge in [-0.15, -0.1) is 11.3 Å². The first-order valence-corrected chi connectivity index (χ1v) is 10.1. The number of methoxy groups -OCH3 is 1. The Morgan fingerprint density at radius 2 is 1.81 bits per heavy atom. The lowest BCUT2D eigenvalue weighted by atomic mass is 10.2. The van der Waals surface area contributed by atoms with Crippen molar-refractivity contribution in [3.05, 3.63) is 58.3 Å². The fraction of sp³-hybridized carbons (Fsp3) is 0.429. The molecule has 146 valence electrons. The van der Waals surface area contributed by atoms with Crippen LogP contribution in [0, 0.1) is 0 Å². The SMILES string of the molecule is CC[C@@H](C)N(CC(=O)N(Cc1ccccc1)Cc1cccs1)C(=O)COC. The average molecular weight is 389 g/mol. The number of benzene rings is 1. The summed E-state index contributed by atoms with van der Waals surface area (Å²) in [7, 11) is 1.49. The highest BCUT2D eigenvalue weighted by atomic mass is 32.1. The number of amides is 2. The fourth-order valence-electron chi connectivity index (χ4n) is 2.79. The summed E-state index contributed by atoms with van der Waals surface area (Å²) in [5, 5.41) is 2.01. The standard InChI is InChI=1S/C21H28N2O3S/c1-4-17(2)23(21(25)16-26-3)15-20(24)22(14-19-11-8-12-27-19)13-18-9-6-5-7-10-18/h5-12,17H,4,13-16H2,1-3H3/t17-/m1/s1. The second kappa shape index (κ2) is 10.8. The molecule has 2 aromatic rings. The summed E-state index contributed by atoms with van der Waals surface area (Å²) in [5.74, 6) is -0.215. The zero-order valence-corrected chi connectivity index (χ0v) is 17.1. The zero-order valence-electron chi connectivity index (χ0n) is 16.3. The van der Waals surface area contributed by atoms with Gasteiger partial charge < -0.3 is 14.5 Å². The molecule has 0 aliphatic heterocycles. The lowest BCUT2D eigenvalue weighted by Gasteiger charge is -2.31. The van der Waals surface area contributed by atoms with Crippen molar-refractivity contribution in [2.75, 3.05) is 20.3 Å². The largest absolute Gasteiger partial charge is 0.375 e. The number of rotatable bonds is 10. The highest BCUT2D eigenvalue weighted by molar-refractivity contribution is 7.09. The van der Waals surface area contributed by atoms with Gasteiger partial charge in [0.15, 0.2) is 0 Å². The van der Waals surface area contributed by atoms with E-state index in [1.165, 1.54) is 7.11 Å². The van der Waals surface area contributed by atoms with Crippen LogP contribution in [0.1, 0.15) is 30.7 Å². The molecule has 0 aliphatic carbocycles. The van der Waals surface area contributed by atoms with Crippen LogP contribution in [-0.4, -0.2) is 47.9 Å². The number of ether oxygens (including phenoxy) is 1. The Kier molecular flexibility index (Phi) is 8.48. The Balaban J connectivity index is 2.16. The maximum absolute atomic E-state index is 13.1. The molecule has 1 aromatic heterocycles. The first-order valence-electron chi connectivity index (χ1n) is 9.17. The van der Waals surface area contributed by atoms with Crippen molar-refractivity contribution in [3.63, 3.8) is 0 Å². The van der Waals surface area contributed by atoms with Gasteiger partial charge >= 0.3 is 0 Å². The minimum absolute atomic E-state index is 0.0127. The molecule has 0 N–H and O–H groups in total. The Labute approximate surface area is 165 Å². The maximum atomic E-state index is 13.1. The van der Waals surface area contributed by atoms with Gasteiger partial charge in [-0.3, -0.25) is 9.59 Å². The van der Waals surface area contributed by atoms with Crippen LogP contribution < -0.4 is 0 Å². The molecular formula is C21H28N2O3S. The summed E-state index contributed by atoms with van der Waals surface area (Å²) in [6.45, 7) is 5.08. The summed E-state index contributed by atoms with van der Waals surface area (Å²) in [6, 6.07) is 13.9.